The first-order valence-corrected chi connectivity index (χ1v) is 11.0. The Morgan fingerprint density at radius 2 is 1.58 bits per heavy atom. The van der Waals surface area contributed by atoms with Gasteiger partial charge in [-0.25, -0.2) is 4.98 Å². The number of fused-ring (bicyclic) bond motifs is 1. The molecule has 0 atom stereocenters. The lowest BCUT2D eigenvalue weighted by atomic mass is 10.1. The van der Waals surface area contributed by atoms with E-state index in [0.717, 1.165) is 28.2 Å². The molecule has 2 aromatic heterocycles. The molecule has 1 N–H and O–H groups in total. The van der Waals surface area contributed by atoms with Crippen molar-refractivity contribution >= 4 is 34.4 Å². The highest BCUT2D eigenvalue weighted by atomic mass is 16.2. The predicted octanol–water partition coefficient (Wildman–Crippen LogP) is 3.74. The van der Waals surface area contributed by atoms with Crippen molar-refractivity contribution < 1.29 is 4.79 Å². The van der Waals surface area contributed by atoms with Crippen LogP contribution in [0.3, 0.4) is 0 Å². The van der Waals surface area contributed by atoms with Crippen LogP contribution in [0.2, 0.25) is 0 Å². The largest absolute Gasteiger partial charge is 0.340 e. The normalized spacial score (nSPS) is 13.9. The molecule has 166 valence electrons. The van der Waals surface area contributed by atoms with E-state index in [-0.39, 0.29) is 5.91 Å². The second kappa shape index (κ2) is 8.82. The number of carbonyl (C=O) groups is 1. The van der Waals surface area contributed by atoms with Gasteiger partial charge in [-0.05, 0) is 44.2 Å². The SMILES string of the molecule is Cc1ccc(Nc2cc(C)nc(N3CCN(C(=O)c4ccc5nccnc5c4)CC3)n2)cc1. The standard InChI is InChI=1S/C25H25N7O/c1-17-3-6-20(7-4-17)29-23-15-18(2)28-25(30-23)32-13-11-31(12-14-32)24(33)19-5-8-21-22(16-19)27-10-9-26-21/h3-10,15-16H,11-14H2,1-2H3,(H,28,29,30). The molecule has 0 spiro atoms. The van der Waals surface area contributed by atoms with E-state index >= 15 is 0 Å². The lowest BCUT2D eigenvalue weighted by Gasteiger charge is -2.35. The molecule has 0 aliphatic carbocycles. The lowest BCUT2D eigenvalue weighted by molar-refractivity contribution is 0.0746. The fourth-order valence-electron chi connectivity index (χ4n) is 3.93. The van der Waals surface area contributed by atoms with Gasteiger partial charge < -0.3 is 15.1 Å². The number of hydrogen-bond donors (Lipinski definition) is 1. The van der Waals surface area contributed by atoms with Gasteiger partial charge in [0.2, 0.25) is 5.95 Å². The number of aromatic nitrogens is 4. The molecule has 0 bridgehead atoms. The zero-order valence-electron chi connectivity index (χ0n) is 18.7. The topological polar surface area (TPSA) is 87.1 Å². The van der Waals surface area contributed by atoms with Crippen LogP contribution in [-0.2, 0) is 0 Å². The third kappa shape index (κ3) is 4.59. The number of hydrogen-bond acceptors (Lipinski definition) is 7. The maximum Gasteiger partial charge on any atom is 0.254 e. The van der Waals surface area contributed by atoms with Crippen LogP contribution in [0.15, 0.2) is 60.9 Å². The summed E-state index contributed by atoms with van der Waals surface area (Å²) in [4.78, 5) is 35.0. The number of aryl methyl sites for hydroxylation is 2. The molecule has 3 heterocycles. The van der Waals surface area contributed by atoms with E-state index in [1.54, 1.807) is 12.4 Å². The molecule has 1 aliphatic rings. The Balaban J connectivity index is 1.27. The zero-order valence-corrected chi connectivity index (χ0v) is 18.7. The average molecular weight is 440 g/mol. The van der Waals surface area contributed by atoms with E-state index in [9.17, 15) is 4.79 Å². The van der Waals surface area contributed by atoms with Crippen LogP contribution >= 0.6 is 0 Å². The summed E-state index contributed by atoms with van der Waals surface area (Å²) in [5, 5.41) is 3.36. The van der Waals surface area contributed by atoms with Crippen molar-refractivity contribution in [1.29, 1.82) is 0 Å². The quantitative estimate of drug-likeness (QED) is 0.518. The minimum atomic E-state index is 0.00842. The number of anilines is 3. The van der Waals surface area contributed by atoms with E-state index in [0.29, 0.717) is 37.7 Å². The monoisotopic (exact) mass is 439 g/mol. The van der Waals surface area contributed by atoms with Gasteiger partial charge in [0.05, 0.1) is 11.0 Å². The number of nitrogens with one attached hydrogen (secondary N) is 1. The summed E-state index contributed by atoms with van der Waals surface area (Å²) >= 11 is 0. The summed E-state index contributed by atoms with van der Waals surface area (Å²) in [6, 6.07) is 15.6. The smallest absolute Gasteiger partial charge is 0.254 e. The molecule has 8 heteroatoms. The first kappa shape index (κ1) is 20.8. The van der Waals surface area contributed by atoms with Crippen molar-refractivity contribution in [1.82, 2.24) is 24.8 Å². The van der Waals surface area contributed by atoms with Gasteiger partial charge in [-0.3, -0.25) is 14.8 Å². The van der Waals surface area contributed by atoms with Crippen molar-refractivity contribution in [3.05, 3.63) is 77.7 Å². The second-order valence-electron chi connectivity index (χ2n) is 8.22. The van der Waals surface area contributed by atoms with Gasteiger partial charge in [0.15, 0.2) is 0 Å². The molecule has 0 unspecified atom stereocenters. The molecule has 1 saturated heterocycles. The van der Waals surface area contributed by atoms with E-state index in [1.165, 1.54) is 5.56 Å². The Kier molecular flexibility index (Phi) is 5.56. The highest BCUT2D eigenvalue weighted by molar-refractivity contribution is 5.97. The maximum atomic E-state index is 13.0. The van der Waals surface area contributed by atoms with Crippen molar-refractivity contribution in [2.24, 2.45) is 0 Å². The number of piperazine rings is 1. The third-order valence-electron chi connectivity index (χ3n) is 5.73. The second-order valence-corrected chi connectivity index (χ2v) is 8.22. The van der Waals surface area contributed by atoms with E-state index < -0.39 is 0 Å². The lowest BCUT2D eigenvalue weighted by Crippen LogP contribution is -2.49. The molecule has 33 heavy (non-hydrogen) atoms. The van der Waals surface area contributed by atoms with Gasteiger partial charge in [-0.1, -0.05) is 17.7 Å². The predicted molar refractivity (Wildman–Crippen MR) is 129 cm³/mol. The Morgan fingerprint density at radius 3 is 2.33 bits per heavy atom. The van der Waals surface area contributed by atoms with Crippen molar-refractivity contribution in [3.8, 4) is 0 Å². The highest BCUT2D eigenvalue weighted by Gasteiger charge is 2.24. The summed E-state index contributed by atoms with van der Waals surface area (Å²) in [6.07, 6.45) is 3.29. The average Bonchev–Trinajstić information content (AvgIpc) is 2.84. The van der Waals surface area contributed by atoms with Gasteiger partial charge in [0.1, 0.15) is 5.82 Å². The Labute approximate surface area is 192 Å². The number of carbonyl (C=O) groups excluding carboxylic acids is 1. The Hall–Kier alpha value is -4.07. The van der Waals surface area contributed by atoms with Crippen molar-refractivity contribution in [2.45, 2.75) is 13.8 Å². The summed E-state index contributed by atoms with van der Waals surface area (Å²) in [5.74, 6) is 1.45. The minimum Gasteiger partial charge on any atom is -0.340 e. The molecule has 0 radical (unpaired) electrons. The number of rotatable bonds is 4. The van der Waals surface area contributed by atoms with Gasteiger partial charge in [-0.15, -0.1) is 0 Å². The first-order valence-electron chi connectivity index (χ1n) is 11.0. The van der Waals surface area contributed by atoms with Crippen LogP contribution in [-0.4, -0.2) is 56.9 Å². The molecular weight excluding hydrogens is 414 g/mol. The third-order valence-corrected chi connectivity index (χ3v) is 5.73. The molecule has 2 aromatic carbocycles. The number of benzene rings is 2. The molecule has 4 aromatic rings. The van der Waals surface area contributed by atoms with Crippen LogP contribution in [0.1, 0.15) is 21.6 Å². The first-order chi connectivity index (χ1) is 16.0. The van der Waals surface area contributed by atoms with E-state index in [4.69, 9.17) is 4.98 Å². The Bertz CT molecular complexity index is 1300. The van der Waals surface area contributed by atoms with Gasteiger partial charge >= 0.3 is 0 Å². The van der Waals surface area contributed by atoms with Gasteiger partial charge in [0, 0.05) is 61.6 Å². The summed E-state index contributed by atoms with van der Waals surface area (Å²) < 4.78 is 0. The fraction of sp³-hybridized carbons (Fsp3) is 0.240. The van der Waals surface area contributed by atoms with Crippen LogP contribution in [0, 0.1) is 13.8 Å². The van der Waals surface area contributed by atoms with Crippen LogP contribution in [0.25, 0.3) is 11.0 Å². The summed E-state index contributed by atoms with van der Waals surface area (Å²) in [7, 11) is 0. The molecule has 1 aliphatic heterocycles. The molecule has 8 nitrogen and oxygen atoms in total. The summed E-state index contributed by atoms with van der Waals surface area (Å²) in [5.41, 5.74) is 5.23. The van der Waals surface area contributed by atoms with Gasteiger partial charge in [0.25, 0.3) is 5.91 Å². The van der Waals surface area contributed by atoms with E-state index in [1.807, 2.05) is 48.2 Å². The number of amides is 1. The molecule has 1 amide bonds. The maximum absolute atomic E-state index is 13.0. The fourth-order valence-corrected chi connectivity index (χ4v) is 3.93. The van der Waals surface area contributed by atoms with Crippen LogP contribution in [0.5, 0.6) is 0 Å². The molecular formula is C25H25N7O. The molecule has 5 rings (SSSR count). The summed E-state index contributed by atoms with van der Waals surface area (Å²) in [6.45, 7) is 6.59. The van der Waals surface area contributed by atoms with Gasteiger partial charge in [-0.2, -0.15) is 4.98 Å². The van der Waals surface area contributed by atoms with Crippen molar-refractivity contribution in [2.75, 3.05) is 36.4 Å². The molecule has 1 fully saturated rings. The highest BCUT2D eigenvalue weighted by Crippen LogP contribution is 2.21. The van der Waals surface area contributed by atoms with Crippen LogP contribution in [0.4, 0.5) is 17.5 Å². The van der Waals surface area contributed by atoms with E-state index in [2.05, 4.69) is 44.2 Å². The number of nitrogens with zero attached hydrogens (tertiary/aromatic N) is 6. The minimum absolute atomic E-state index is 0.00842. The van der Waals surface area contributed by atoms with Crippen molar-refractivity contribution in [3.63, 3.8) is 0 Å². The Morgan fingerprint density at radius 1 is 0.848 bits per heavy atom. The van der Waals surface area contributed by atoms with Crippen LogP contribution < -0.4 is 10.2 Å². The zero-order chi connectivity index (χ0) is 22.8. The molecule has 0 saturated carbocycles.